The summed E-state index contributed by atoms with van der Waals surface area (Å²) in [4.78, 5) is 21.6. The fraction of sp³-hybridized carbons (Fsp3) is 0.277. The normalized spacial score (nSPS) is 21.9. The number of aromatic nitrogens is 4. The third-order valence-electron chi connectivity index (χ3n) is 22.8. The van der Waals surface area contributed by atoms with Crippen LogP contribution in [0.15, 0.2) is 267 Å². The van der Waals surface area contributed by atoms with Crippen LogP contribution >= 0.6 is 46.4 Å². The van der Waals surface area contributed by atoms with Crippen LogP contribution in [-0.2, 0) is 121 Å². The molecule has 20 heteroatoms. The van der Waals surface area contributed by atoms with Gasteiger partial charge in [-0.25, -0.2) is 19.9 Å². The van der Waals surface area contributed by atoms with E-state index < -0.39 is 23.1 Å². The smallest absolute Gasteiger partial charge is 1.00 e. The SMILES string of the molecule is Cc1cc(-c2cc(C)c3c(n2)C2(CC3)O[C@@H](c3ccccc3)[C@H](c3ccccc3)O2)nc2c1CCC21O[C@@H](c2ccccc2)[C@H](c2ccccc2)O1.Cc1cc(-c2cc(C)c3c(n2)C2(CC3)O[C@@H](c3ccccc3)[C@H](c3ccccc3)O2)nc2c1CCC21O[C@@H](c2ccccc2)[C@H](c2ccccc2)O1.ClCCl.ClCCl.[Cl-].[Cl-].[Cu+].[Cu+]. The summed E-state index contributed by atoms with van der Waals surface area (Å²) in [5.74, 6) is -3.86. The van der Waals surface area contributed by atoms with Gasteiger partial charge in [0.2, 0.25) is 23.1 Å². The molecule has 4 aliphatic heterocycles. The number of ether oxygens (including phenoxy) is 8. The minimum atomic E-state index is -0.965. The molecule has 0 saturated carbocycles. The molecule has 8 heterocycles. The minimum absolute atomic E-state index is 0. The number of hydrogen-bond acceptors (Lipinski definition) is 12. The standard InChI is InChI=1S/2C46H40N2O4.2CH2Cl2.2ClH.2Cu/c2*1-29-27-37(47-43-35(29)23-25-45(43)49-39(31-15-7-3-8-16-31)40(50-45)32-17-9-4-10-18-32)38-28-30(2)36-24-26-46(44(36)48-38)51-41(33-19-11-5-12-20-33)42(52-46)34-21-13-6-14-22-34;2*2-1-3;;;;/h2*3-22,27-28,39-42H,23-26H2,1-2H3;2*1H2;2*1H;;/q;;;;;;2*+1/p-2/t2*39-,40-,41-,42-;;;;;;/m00....../s1. The molecule has 114 heavy (non-hydrogen) atoms. The Hall–Kier alpha value is -7.18. The zero-order valence-corrected chi connectivity index (χ0v) is 69.4. The van der Waals surface area contributed by atoms with Crippen molar-refractivity contribution in [1.82, 2.24) is 19.9 Å². The predicted molar refractivity (Wildman–Crippen MR) is 429 cm³/mol. The summed E-state index contributed by atoms with van der Waals surface area (Å²) < 4.78 is 56.6. The van der Waals surface area contributed by atoms with Crippen LogP contribution in [0.2, 0.25) is 0 Å². The van der Waals surface area contributed by atoms with E-state index in [4.69, 9.17) is 104 Å². The van der Waals surface area contributed by atoms with E-state index in [-0.39, 0.29) is 118 Å². The topological polar surface area (TPSA) is 125 Å². The van der Waals surface area contributed by atoms with Gasteiger partial charge in [-0.2, -0.15) is 0 Å². The molecule has 0 unspecified atom stereocenters. The van der Waals surface area contributed by atoms with E-state index in [2.05, 4.69) is 246 Å². The first-order valence-corrected chi connectivity index (χ1v) is 40.1. The van der Waals surface area contributed by atoms with Crippen molar-refractivity contribution in [3.63, 3.8) is 0 Å². The quantitative estimate of drug-likeness (QED) is 0.0956. The van der Waals surface area contributed by atoms with Crippen molar-refractivity contribution in [2.24, 2.45) is 0 Å². The molecule has 0 N–H and O–H groups in total. The van der Waals surface area contributed by atoms with E-state index in [1.54, 1.807) is 0 Å². The molecule has 0 amide bonds. The van der Waals surface area contributed by atoms with Crippen molar-refractivity contribution in [3.8, 4) is 22.8 Å². The number of halogens is 6. The number of benzene rings is 8. The molecule has 12 nitrogen and oxygen atoms in total. The van der Waals surface area contributed by atoms with Gasteiger partial charge in [-0.3, -0.25) is 0 Å². The fourth-order valence-electron chi connectivity index (χ4n) is 17.7. The maximum Gasteiger partial charge on any atom is 1.00 e. The first kappa shape index (κ1) is 84.7. The fourth-order valence-corrected chi connectivity index (χ4v) is 17.7. The summed E-state index contributed by atoms with van der Waals surface area (Å²) in [6, 6.07) is 91.9. The second kappa shape index (κ2) is 36.4. The van der Waals surface area contributed by atoms with Gasteiger partial charge in [-0.15, -0.1) is 46.4 Å². The van der Waals surface area contributed by atoms with Gasteiger partial charge in [0.1, 0.15) is 71.6 Å². The number of nitrogens with zero attached hydrogens (tertiary/aromatic N) is 4. The average Bonchev–Trinajstić information content (AvgIpc) is 1.57. The Balaban J connectivity index is 0.000000180. The molecule has 0 radical (unpaired) electrons. The van der Waals surface area contributed by atoms with Gasteiger partial charge in [0.15, 0.2) is 0 Å². The van der Waals surface area contributed by atoms with Crippen LogP contribution in [0, 0.1) is 27.7 Å². The number of rotatable bonds is 10. The molecule has 8 aromatic carbocycles. The van der Waals surface area contributed by atoms with Gasteiger partial charge in [0.25, 0.3) is 0 Å². The summed E-state index contributed by atoms with van der Waals surface area (Å²) in [7, 11) is 0. The maximum absolute atomic E-state index is 7.07. The third kappa shape index (κ3) is 16.1. The molecule has 0 bridgehead atoms. The second-order valence-corrected chi connectivity index (χ2v) is 31.0. The minimum Gasteiger partial charge on any atom is -1.00 e. The molecule has 4 fully saturated rings. The monoisotopic (exact) mass is 1730 g/mol. The average molecular weight is 1740 g/mol. The Kier molecular flexibility index (Phi) is 27.0. The van der Waals surface area contributed by atoms with Gasteiger partial charge in [0, 0.05) is 25.7 Å². The Bertz CT molecular complexity index is 4420. The Labute approximate surface area is 720 Å². The Morgan fingerprint density at radius 3 is 0.518 bits per heavy atom. The number of alkyl halides is 4. The molecule has 4 aliphatic carbocycles. The third-order valence-corrected chi connectivity index (χ3v) is 22.8. The molecule has 4 aromatic heterocycles. The molecule has 8 atom stereocenters. The molecule has 12 aromatic rings. The van der Waals surface area contributed by atoms with E-state index in [1.165, 1.54) is 44.5 Å². The first-order chi connectivity index (χ1) is 53.8. The largest absolute Gasteiger partial charge is 1.00 e. The second-order valence-electron chi connectivity index (χ2n) is 29.4. The number of fused-ring (bicyclic) bond motifs is 8. The van der Waals surface area contributed by atoms with Crippen LogP contribution in [0.5, 0.6) is 0 Å². The van der Waals surface area contributed by atoms with E-state index in [1.807, 2.05) is 48.5 Å². The van der Waals surface area contributed by atoms with Crippen LogP contribution in [-0.4, -0.2) is 30.6 Å². The number of hydrogen-bond donors (Lipinski definition) is 0. The van der Waals surface area contributed by atoms with E-state index in [9.17, 15) is 0 Å². The van der Waals surface area contributed by atoms with Gasteiger partial charge in [0.05, 0.1) is 33.5 Å². The predicted octanol–water partition coefficient (Wildman–Crippen LogP) is 16.9. The Morgan fingerprint density at radius 1 is 0.254 bits per heavy atom. The first-order valence-electron chi connectivity index (χ1n) is 37.9. The Morgan fingerprint density at radius 2 is 0.386 bits per heavy atom. The maximum atomic E-state index is 7.07. The molecule has 20 rings (SSSR count). The van der Waals surface area contributed by atoms with Crippen LogP contribution in [0.25, 0.3) is 22.8 Å². The van der Waals surface area contributed by atoms with Crippen LogP contribution in [0.3, 0.4) is 0 Å². The van der Waals surface area contributed by atoms with E-state index >= 15 is 0 Å². The summed E-state index contributed by atoms with van der Waals surface area (Å²) >= 11 is 19.1. The summed E-state index contributed by atoms with van der Waals surface area (Å²) in [6.45, 7) is 8.67. The molecule has 8 aliphatic rings. The van der Waals surface area contributed by atoms with Crippen molar-refractivity contribution in [2.75, 3.05) is 10.7 Å². The summed E-state index contributed by atoms with van der Waals surface area (Å²) in [6.07, 6.45) is 3.98. The van der Waals surface area contributed by atoms with Crippen molar-refractivity contribution in [3.05, 3.63) is 379 Å². The van der Waals surface area contributed by atoms with Gasteiger partial charge in [-0.1, -0.05) is 243 Å². The molecule has 592 valence electrons. The van der Waals surface area contributed by atoms with Crippen molar-refractivity contribution < 1.29 is 96.8 Å². The molecule has 4 saturated heterocycles. The summed E-state index contributed by atoms with van der Waals surface area (Å²) in [5.41, 5.74) is 24.8. The van der Waals surface area contributed by atoms with Gasteiger partial charge >= 0.3 is 34.1 Å². The van der Waals surface area contributed by atoms with Gasteiger partial charge in [-0.05, 0) is 167 Å². The van der Waals surface area contributed by atoms with Crippen LogP contribution < -0.4 is 24.8 Å². The molecule has 4 spiro atoms. The van der Waals surface area contributed by atoms with E-state index in [0.29, 0.717) is 25.7 Å². The van der Waals surface area contributed by atoms with Crippen LogP contribution in [0.1, 0.15) is 186 Å². The molecular weight excluding hydrogens is 1650 g/mol. The zero-order chi connectivity index (χ0) is 75.1. The van der Waals surface area contributed by atoms with Gasteiger partial charge < -0.3 is 62.7 Å². The van der Waals surface area contributed by atoms with Crippen molar-refractivity contribution in [1.29, 1.82) is 0 Å². The molecular formula is C94H84Cl6Cu2N4O8. The number of aryl methyl sites for hydroxylation is 4. The van der Waals surface area contributed by atoms with E-state index in [0.717, 1.165) is 116 Å². The summed E-state index contributed by atoms with van der Waals surface area (Å²) in [5, 5.41) is 0.389. The number of pyridine rings is 4. The zero-order valence-electron chi connectivity index (χ0n) is 63.0. The van der Waals surface area contributed by atoms with Crippen molar-refractivity contribution in [2.45, 2.75) is 151 Å². The van der Waals surface area contributed by atoms with Crippen LogP contribution in [0.4, 0.5) is 0 Å². The van der Waals surface area contributed by atoms with Crippen molar-refractivity contribution >= 4 is 46.4 Å².